The molecule has 0 saturated heterocycles. The average molecular weight is 447 g/mol. The van der Waals surface area contributed by atoms with Crippen molar-refractivity contribution in [2.45, 2.75) is 25.9 Å². The van der Waals surface area contributed by atoms with Crippen LogP contribution in [-0.2, 0) is 16.0 Å². The van der Waals surface area contributed by atoms with Crippen molar-refractivity contribution in [3.8, 4) is 5.69 Å². The molecule has 1 N–H and O–H groups in total. The highest BCUT2D eigenvalue weighted by molar-refractivity contribution is 6.03. The lowest BCUT2D eigenvalue weighted by Crippen LogP contribution is -2.37. The van der Waals surface area contributed by atoms with E-state index in [1.165, 1.54) is 32.4 Å². The van der Waals surface area contributed by atoms with Gasteiger partial charge in [-0.15, -0.1) is 0 Å². The number of methoxy groups -OCH3 is 2. The van der Waals surface area contributed by atoms with Crippen molar-refractivity contribution in [1.29, 1.82) is 0 Å². The van der Waals surface area contributed by atoms with E-state index in [9.17, 15) is 14.4 Å². The van der Waals surface area contributed by atoms with Gasteiger partial charge in [0.15, 0.2) is 0 Å². The number of anilines is 1. The highest BCUT2D eigenvalue weighted by atomic mass is 16.5. The predicted octanol–water partition coefficient (Wildman–Crippen LogP) is 4.55. The molecule has 4 rings (SSSR count). The Labute approximate surface area is 191 Å². The number of para-hydroxylation sites is 1. The quantitative estimate of drug-likeness (QED) is 0.593. The molecule has 8 nitrogen and oxygen atoms in total. The van der Waals surface area contributed by atoms with E-state index in [1.807, 2.05) is 49.5 Å². The van der Waals surface area contributed by atoms with Crippen LogP contribution in [0.25, 0.3) is 5.69 Å². The van der Waals surface area contributed by atoms with Crippen molar-refractivity contribution in [3.63, 3.8) is 0 Å². The smallest absolute Gasteiger partial charge is 0.339 e. The van der Waals surface area contributed by atoms with Crippen molar-refractivity contribution in [3.05, 3.63) is 83.2 Å². The number of benzene rings is 2. The second-order valence-electron chi connectivity index (χ2n) is 7.66. The molecule has 3 aromatic rings. The fraction of sp³-hybridized carbons (Fsp3) is 0.240. The zero-order valence-corrected chi connectivity index (χ0v) is 18.7. The van der Waals surface area contributed by atoms with Crippen molar-refractivity contribution in [1.82, 2.24) is 9.47 Å². The minimum Gasteiger partial charge on any atom is -0.465 e. The summed E-state index contributed by atoms with van der Waals surface area (Å²) in [5.74, 6) is -1.20. The third-order valence-electron chi connectivity index (χ3n) is 5.82. The van der Waals surface area contributed by atoms with Gasteiger partial charge in [0.2, 0.25) is 0 Å². The normalized spacial score (nSPS) is 14.5. The number of hydrogen-bond donors (Lipinski definition) is 1. The van der Waals surface area contributed by atoms with Crippen LogP contribution in [0.15, 0.2) is 60.8 Å². The van der Waals surface area contributed by atoms with E-state index < -0.39 is 18.0 Å². The first-order chi connectivity index (χ1) is 16.0. The number of urea groups is 1. The van der Waals surface area contributed by atoms with E-state index in [0.29, 0.717) is 13.0 Å². The largest absolute Gasteiger partial charge is 0.465 e. The summed E-state index contributed by atoms with van der Waals surface area (Å²) >= 11 is 0. The lowest BCUT2D eigenvalue weighted by molar-refractivity contribution is 0.0587. The van der Waals surface area contributed by atoms with Gasteiger partial charge in [0.1, 0.15) is 0 Å². The molecule has 0 fully saturated rings. The number of nitrogens with zero attached hydrogens (tertiary/aromatic N) is 2. The Bertz CT molecular complexity index is 1220. The molecule has 170 valence electrons. The fourth-order valence-electron chi connectivity index (χ4n) is 4.23. The molecule has 1 aliphatic rings. The van der Waals surface area contributed by atoms with Crippen LogP contribution in [0.3, 0.4) is 0 Å². The third-order valence-corrected chi connectivity index (χ3v) is 5.82. The molecule has 8 heteroatoms. The van der Waals surface area contributed by atoms with Gasteiger partial charge in [0.25, 0.3) is 0 Å². The number of carbonyl (C=O) groups excluding carboxylic acids is 3. The van der Waals surface area contributed by atoms with Crippen molar-refractivity contribution in [2.24, 2.45) is 0 Å². The molecule has 33 heavy (non-hydrogen) atoms. The molecule has 0 aliphatic carbocycles. The maximum Gasteiger partial charge on any atom is 0.339 e. The van der Waals surface area contributed by atoms with Crippen molar-refractivity contribution in [2.75, 3.05) is 19.5 Å². The number of nitrogens with one attached hydrogen (secondary N) is 1. The summed E-state index contributed by atoms with van der Waals surface area (Å²) in [6.45, 7) is 2.41. The highest BCUT2D eigenvalue weighted by Crippen LogP contribution is 2.34. The molecular formula is C25H25N3O5. The Balaban J connectivity index is 1.74. The molecule has 1 aromatic heterocycles. The van der Waals surface area contributed by atoms with E-state index in [2.05, 4.69) is 9.88 Å². The molecule has 0 radical (unpaired) electrons. The lowest BCUT2D eigenvalue weighted by Gasteiger charge is -2.30. The van der Waals surface area contributed by atoms with Crippen LogP contribution >= 0.6 is 0 Å². The minimum absolute atomic E-state index is 0.144. The van der Waals surface area contributed by atoms with E-state index in [0.717, 1.165) is 16.9 Å². The molecular weight excluding hydrogens is 422 g/mol. The number of aromatic nitrogens is 1. The van der Waals surface area contributed by atoms with E-state index in [1.54, 1.807) is 4.90 Å². The Hall–Kier alpha value is -4.07. The average Bonchev–Trinajstić information content (AvgIpc) is 3.27. The van der Waals surface area contributed by atoms with Crippen LogP contribution in [0.4, 0.5) is 10.5 Å². The molecule has 2 heterocycles. The van der Waals surface area contributed by atoms with Crippen LogP contribution in [-0.4, -0.2) is 41.7 Å². The number of ether oxygens (including phenoxy) is 2. The van der Waals surface area contributed by atoms with Gasteiger partial charge in [-0.05, 0) is 48.4 Å². The molecule has 1 aliphatic heterocycles. The SMILES string of the molecule is CCC1c2cccn2-c2ccccc2CN1C(=O)Nc1cc(C(=O)OC)ccc1C(=O)OC. The second kappa shape index (κ2) is 9.20. The Morgan fingerprint density at radius 3 is 2.48 bits per heavy atom. The van der Waals surface area contributed by atoms with Crippen LogP contribution in [0.1, 0.15) is 51.4 Å². The van der Waals surface area contributed by atoms with Gasteiger partial charge in [-0.1, -0.05) is 25.1 Å². The van der Waals surface area contributed by atoms with Gasteiger partial charge < -0.3 is 24.3 Å². The first-order valence-corrected chi connectivity index (χ1v) is 10.6. The van der Waals surface area contributed by atoms with E-state index >= 15 is 0 Å². The molecule has 1 atom stereocenters. The molecule has 0 bridgehead atoms. The second-order valence-corrected chi connectivity index (χ2v) is 7.66. The Morgan fingerprint density at radius 1 is 1.00 bits per heavy atom. The summed E-state index contributed by atoms with van der Waals surface area (Å²) in [5, 5.41) is 2.83. The number of amides is 2. The van der Waals surface area contributed by atoms with Gasteiger partial charge in [-0.25, -0.2) is 14.4 Å². The van der Waals surface area contributed by atoms with Crippen LogP contribution in [0.2, 0.25) is 0 Å². The first-order valence-electron chi connectivity index (χ1n) is 10.6. The molecule has 0 spiro atoms. The van der Waals surface area contributed by atoms with Gasteiger partial charge in [0.05, 0.1) is 49.3 Å². The monoisotopic (exact) mass is 447 g/mol. The van der Waals surface area contributed by atoms with Gasteiger partial charge in [-0.3, -0.25) is 0 Å². The predicted molar refractivity (Wildman–Crippen MR) is 122 cm³/mol. The zero-order valence-electron chi connectivity index (χ0n) is 18.7. The number of carbonyl (C=O) groups is 3. The molecule has 2 amide bonds. The molecule has 0 saturated carbocycles. The Morgan fingerprint density at radius 2 is 1.76 bits per heavy atom. The summed E-state index contributed by atoms with van der Waals surface area (Å²) in [4.78, 5) is 39.7. The maximum absolute atomic E-state index is 13.6. The van der Waals surface area contributed by atoms with Crippen LogP contribution in [0, 0.1) is 0 Å². The first kappa shape index (κ1) is 22.1. The van der Waals surface area contributed by atoms with E-state index in [-0.39, 0.29) is 22.9 Å². The summed E-state index contributed by atoms with van der Waals surface area (Å²) in [6, 6.07) is 15.6. The summed E-state index contributed by atoms with van der Waals surface area (Å²) in [6.07, 6.45) is 2.69. The van der Waals surface area contributed by atoms with Crippen LogP contribution < -0.4 is 5.32 Å². The van der Waals surface area contributed by atoms with Gasteiger partial charge in [-0.2, -0.15) is 0 Å². The summed E-state index contributed by atoms with van der Waals surface area (Å²) < 4.78 is 11.7. The van der Waals surface area contributed by atoms with Crippen molar-refractivity contribution < 1.29 is 23.9 Å². The number of rotatable bonds is 4. The highest BCUT2D eigenvalue weighted by Gasteiger charge is 2.31. The third kappa shape index (κ3) is 4.07. The van der Waals surface area contributed by atoms with Gasteiger partial charge >= 0.3 is 18.0 Å². The van der Waals surface area contributed by atoms with Gasteiger partial charge in [0, 0.05) is 11.9 Å². The molecule has 1 unspecified atom stereocenters. The lowest BCUT2D eigenvalue weighted by atomic mass is 10.1. The summed E-state index contributed by atoms with van der Waals surface area (Å²) in [5.41, 5.74) is 3.55. The fourth-order valence-corrected chi connectivity index (χ4v) is 4.23. The van der Waals surface area contributed by atoms with Crippen LogP contribution in [0.5, 0.6) is 0 Å². The number of esters is 2. The standard InChI is InChI=1S/C25H25N3O5/c1-4-20-22-10-7-13-27(22)21-9-6-5-8-17(21)15-28(20)25(31)26-19-14-16(23(29)32-2)11-12-18(19)24(30)33-3/h5-14,20H,4,15H2,1-3H3,(H,26,31). The summed E-state index contributed by atoms with van der Waals surface area (Å²) in [7, 11) is 2.53. The zero-order chi connectivity index (χ0) is 23.5. The van der Waals surface area contributed by atoms with E-state index in [4.69, 9.17) is 9.47 Å². The Kier molecular flexibility index (Phi) is 6.17. The van der Waals surface area contributed by atoms with Crippen molar-refractivity contribution >= 4 is 23.7 Å². The number of hydrogen-bond acceptors (Lipinski definition) is 5. The minimum atomic E-state index is -0.621. The maximum atomic E-state index is 13.6. The number of fused-ring (bicyclic) bond motifs is 3. The molecule has 2 aromatic carbocycles. The topological polar surface area (TPSA) is 89.9 Å².